The first kappa shape index (κ1) is 18.9. The van der Waals surface area contributed by atoms with Crippen LogP contribution in [0.15, 0.2) is 70.2 Å². The molecule has 0 saturated carbocycles. The number of rotatable bonds is 3. The lowest BCUT2D eigenvalue weighted by Gasteiger charge is -2.19. The zero-order valence-corrected chi connectivity index (χ0v) is 16.7. The quantitative estimate of drug-likeness (QED) is 0.475. The third-order valence-electron chi connectivity index (χ3n) is 5.26. The van der Waals surface area contributed by atoms with Gasteiger partial charge in [-0.2, -0.15) is 0 Å². The molecule has 152 valence electrons. The summed E-state index contributed by atoms with van der Waals surface area (Å²) in [5, 5.41) is 1.36. The van der Waals surface area contributed by atoms with Crippen molar-refractivity contribution < 1.29 is 13.5 Å². The van der Waals surface area contributed by atoms with Gasteiger partial charge in [0.25, 0.3) is 0 Å². The van der Waals surface area contributed by atoms with Crippen molar-refractivity contribution in [2.24, 2.45) is 0 Å². The Bertz CT molecular complexity index is 1300. The molecule has 0 saturated heterocycles. The lowest BCUT2D eigenvalue weighted by Crippen LogP contribution is -2.25. The summed E-state index contributed by atoms with van der Waals surface area (Å²) in [6.07, 6.45) is 3.32. The van der Waals surface area contributed by atoms with E-state index >= 15 is 0 Å². The van der Waals surface area contributed by atoms with Crippen LogP contribution < -0.4 is 10.4 Å². The minimum atomic E-state index is -0.361. The molecule has 1 aliphatic heterocycles. The monoisotopic (exact) mass is 424 g/mol. The van der Waals surface area contributed by atoms with E-state index in [9.17, 15) is 9.18 Å². The van der Waals surface area contributed by atoms with Gasteiger partial charge in [0.15, 0.2) is 0 Å². The molecular weight excluding hydrogens is 407 g/mol. The average Bonchev–Trinajstić information content (AvgIpc) is 3.01. The molecule has 0 amide bonds. The van der Waals surface area contributed by atoms with Gasteiger partial charge in [-0.15, -0.1) is 0 Å². The van der Waals surface area contributed by atoms with Crippen molar-refractivity contribution in [2.45, 2.75) is 13.1 Å². The van der Waals surface area contributed by atoms with Gasteiger partial charge in [0.1, 0.15) is 18.2 Å². The first-order chi connectivity index (χ1) is 14.6. The molecule has 4 aromatic rings. The maximum atomic E-state index is 13.6. The molecule has 0 fully saturated rings. The van der Waals surface area contributed by atoms with Gasteiger partial charge in [0.05, 0.1) is 16.8 Å². The first-order valence-corrected chi connectivity index (χ1v) is 9.97. The highest BCUT2D eigenvalue weighted by atomic mass is 35.5. The number of benzene rings is 2. The SMILES string of the molecule is O=c1cc(CN2CCOc3c(Cl)cc(-n4ccc5cc(F)ccc54)cc3C2)cco1. The van der Waals surface area contributed by atoms with Crippen molar-refractivity contribution >= 4 is 22.5 Å². The standard InChI is InChI=1S/C23H18ClFN2O3/c24-20-12-19(27-5-3-16-10-18(25)1-2-21(16)27)11-17-14-26(6-8-30-23(17)20)13-15-4-7-29-22(28)9-15/h1-5,7,9-12H,6,8,13-14H2. The number of ether oxygens (including phenoxy) is 1. The summed E-state index contributed by atoms with van der Waals surface area (Å²) in [6.45, 7) is 2.42. The normalized spacial score (nSPS) is 14.3. The van der Waals surface area contributed by atoms with Crippen LogP contribution in [0.4, 0.5) is 4.39 Å². The van der Waals surface area contributed by atoms with Crippen molar-refractivity contribution in [3.8, 4) is 11.4 Å². The molecule has 2 aromatic heterocycles. The van der Waals surface area contributed by atoms with E-state index in [1.165, 1.54) is 24.5 Å². The minimum Gasteiger partial charge on any atom is -0.490 e. The van der Waals surface area contributed by atoms with Gasteiger partial charge in [-0.05, 0) is 48.0 Å². The number of nitrogens with zero attached hydrogens (tertiary/aromatic N) is 2. The number of halogens is 2. The van der Waals surface area contributed by atoms with Gasteiger partial charge in [-0.25, -0.2) is 9.18 Å². The first-order valence-electron chi connectivity index (χ1n) is 9.59. The molecule has 0 spiro atoms. The van der Waals surface area contributed by atoms with Crippen molar-refractivity contribution in [3.05, 3.63) is 93.4 Å². The van der Waals surface area contributed by atoms with E-state index in [-0.39, 0.29) is 11.4 Å². The predicted molar refractivity (Wildman–Crippen MR) is 113 cm³/mol. The zero-order chi connectivity index (χ0) is 20.7. The summed E-state index contributed by atoms with van der Waals surface area (Å²) in [5.74, 6) is 0.414. The highest BCUT2D eigenvalue weighted by molar-refractivity contribution is 6.32. The van der Waals surface area contributed by atoms with Crippen LogP contribution in [0, 0.1) is 5.82 Å². The second-order valence-electron chi connectivity index (χ2n) is 7.32. The fraction of sp³-hybridized carbons (Fsp3) is 0.174. The summed E-state index contributed by atoms with van der Waals surface area (Å²) in [6, 6.07) is 13.8. The maximum absolute atomic E-state index is 13.6. The Hall–Kier alpha value is -3.09. The Morgan fingerprint density at radius 3 is 2.87 bits per heavy atom. The fourth-order valence-electron chi connectivity index (χ4n) is 3.90. The lowest BCUT2D eigenvalue weighted by molar-refractivity contribution is 0.219. The minimum absolute atomic E-state index is 0.265. The van der Waals surface area contributed by atoms with Crippen molar-refractivity contribution in [2.75, 3.05) is 13.2 Å². The van der Waals surface area contributed by atoms with E-state index in [2.05, 4.69) is 4.90 Å². The fourth-order valence-corrected chi connectivity index (χ4v) is 4.19. The van der Waals surface area contributed by atoms with Gasteiger partial charge >= 0.3 is 5.63 Å². The molecular formula is C23H18ClFN2O3. The summed E-state index contributed by atoms with van der Waals surface area (Å²) in [7, 11) is 0. The van der Waals surface area contributed by atoms with Crippen LogP contribution in [0.2, 0.25) is 5.02 Å². The summed E-state index contributed by atoms with van der Waals surface area (Å²) >= 11 is 6.57. The van der Waals surface area contributed by atoms with Gasteiger partial charge in [-0.3, -0.25) is 4.90 Å². The van der Waals surface area contributed by atoms with E-state index in [0.29, 0.717) is 37.0 Å². The largest absolute Gasteiger partial charge is 0.490 e. The van der Waals surface area contributed by atoms with Crippen molar-refractivity contribution in [3.63, 3.8) is 0 Å². The Morgan fingerprint density at radius 2 is 2.00 bits per heavy atom. The summed E-state index contributed by atoms with van der Waals surface area (Å²) < 4.78 is 26.3. The molecule has 3 heterocycles. The van der Waals surface area contributed by atoms with Crippen molar-refractivity contribution in [1.82, 2.24) is 9.47 Å². The van der Waals surface area contributed by atoms with E-state index in [1.54, 1.807) is 12.1 Å². The maximum Gasteiger partial charge on any atom is 0.335 e. The highest BCUT2D eigenvalue weighted by Gasteiger charge is 2.20. The molecule has 0 atom stereocenters. The number of hydrogen-bond acceptors (Lipinski definition) is 4. The van der Waals surface area contributed by atoms with Crippen LogP contribution in [-0.2, 0) is 13.1 Å². The molecule has 5 rings (SSSR count). The average molecular weight is 425 g/mol. The highest BCUT2D eigenvalue weighted by Crippen LogP contribution is 2.35. The Labute approximate surface area is 176 Å². The zero-order valence-electron chi connectivity index (χ0n) is 16.0. The van der Waals surface area contributed by atoms with Gasteiger partial charge in [0, 0.05) is 48.5 Å². The van der Waals surface area contributed by atoms with E-state index in [4.69, 9.17) is 20.8 Å². The van der Waals surface area contributed by atoms with Gasteiger partial charge in [0.2, 0.25) is 0 Å². The van der Waals surface area contributed by atoms with Gasteiger partial charge in [-0.1, -0.05) is 11.6 Å². The van der Waals surface area contributed by atoms with Crippen LogP contribution >= 0.6 is 11.6 Å². The van der Waals surface area contributed by atoms with Crippen LogP contribution in [0.5, 0.6) is 5.75 Å². The van der Waals surface area contributed by atoms with Crippen LogP contribution in [0.3, 0.4) is 0 Å². The third kappa shape index (κ3) is 3.60. The summed E-state index contributed by atoms with van der Waals surface area (Å²) in [4.78, 5) is 13.7. The Balaban J connectivity index is 1.51. The molecule has 0 radical (unpaired) electrons. The van der Waals surface area contributed by atoms with E-state index in [0.717, 1.165) is 27.7 Å². The van der Waals surface area contributed by atoms with Gasteiger partial charge < -0.3 is 13.7 Å². The number of fused-ring (bicyclic) bond motifs is 2. The number of aromatic nitrogens is 1. The van der Waals surface area contributed by atoms with Crippen LogP contribution in [0.1, 0.15) is 11.1 Å². The topological polar surface area (TPSA) is 47.6 Å². The molecule has 0 N–H and O–H groups in total. The second-order valence-corrected chi connectivity index (χ2v) is 7.73. The third-order valence-corrected chi connectivity index (χ3v) is 5.54. The lowest BCUT2D eigenvalue weighted by atomic mass is 10.1. The smallest absolute Gasteiger partial charge is 0.335 e. The molecule has 5 nitrogen and oxygen atoms in total. The predicted octanol–water partition coefficient (Wildman–Crippen LogP) is 4.77. The van der Waals surface area contributed by atoms with E-state index < -0.39 is 0 Å². The molecule has 0 bridgehead atoms. The molecule has 0 unspecified atom stereocenters. The molecule has 0 aliphatic carbocycles. The van der Waals surface area contributed by atoms with E-state index in [1.807, 2.05) is 29.0 Å². The Kier molecular flexibility index (Phi) is 4.81. The summed E-state index contributed by atoms with van der Waals surface area (Å²) in [5.41, 5.74) is 3.26. The van der Waals surface area contributed by atoms with Crippen LogP contribution in [0.25, 0.3) is 16.6 Å². The Morgan fingerprint density at radius 1 is 1.10 bits per heavy atom. The number of hydrogen-bond donors (Lipinski definition) is 0. The van der Waals surface area contributed by atoms with Crippen LogP contribution in [-0.4, -0.2) is 22.6 Å². The molecule has 1 aliphatic rings. The molecule has 2 aromatic carbocycles. The molecule has 7 heteroatoms. The second kappa shape index (κ2) is 7.63. The van der Waals surface area contributed by atoms with Crippen molar-refractivity contribution in [1.29, 1.82) is 0 Å². The molecule has 30 heavy (non-hydrogen) atoms.